The molecule has 7 nitrogen and oxygen atoms in total. The number of carbonyl (C=O) groups is 2. The Balaban J connectivity index is 1.71. The van der Waals surface area contributed by atoms with E-state index < -0.39 is 0 Å². The Bertz CT molecular complexity index is 777. The van der Waals surface area contributed by atoms with E-state index >= 15 is 0 Å². The molecule has 1 aliphatic rings. The van der Waals surface area contributed by atoms with Crippen LogP contribution in [0.3, 0.4) is 0 Å². The second-order valence-electron chi connectivity index (χ2n) is 5.90. The van der Waals surface area contributed by atoms with Gasteiger partial charge in [0, 0.05) is 49.6 Å². The van der Waals surface area contributed by atoms with Crippen LogP contribution < -0.4 is 5.32 Å². The first-order valence-corrected chi connectivity index (χ1v) is 7.85. The van der Waals surface area contributed by atoms with Gasteiger partial charge in [-0.05, 0) is 31.5 Å². The molecule has 3 heterocycles. The maximum absolute atomic E-state index is 12.7. The number of aryl methyl sites for hydroxylation is 1. The minimum absolute atomic E-state index is 0.0702. The first-order valence-electron chi connectivity index (χ1n) is 7.85. The average Bonchev–Trinajstić information content (AvgIpc) is 3.04. The summed E-state index contributed by atoms with van der Waals surface area (Å²) < 4.78 is 0. The largest absolute Gasteiger partial charge is 0.338 e. The lowest BCUT2D eigenvalue weighted by molar-refractivity contribution is -0.114. The number of aromatic nitrogens is 3. The van der Waals surface area contributed by atoms with Crippen molar-refractivity contribution < 1.29 is 9.59 Å². The van der Waals surface area contributed by atoms with E-state index in [-0.39, 0.29) is 17.7 Å². The van der Waals surface area contributed by atoms with E-state index in [9.17, 15) is 9.59 Å². The lowest BCUT2D eigenvalue weighted by Gasteiger charge is -2.16. The Hall–Kier alpha value is -2.83. The van der Waals surface area contributed by atoms with Crippen molar-refractivity contribution in [3.05, 3.63) is 47.7 Å². The number of hydrogen-bond acceptors (Lipinski definition) is 5. The standard InChI is InChI=1S/C17H19N5O2/c1-11-3-6-19-16(20-11)14-5-8-22(10-14)17(24)13-4-7-18-15(9-13)21-12(2)23/h3-4,6-7,9,14H,5,8,10H2,1-2H3,(H,18,21,23)/t14-/m1/s1. The van der Waals surface area contributed by atoms with Crippen molar-refractivity contribution in [1.29, 1.82) is 0 Å². The van der Waals surface area contributed by atoms with E-state index in [4.69, 9.17) is 0 Å². The molecule has 0 unspecified atom stereocenters. The summed E-state index contributed by atoms with van der Waals surface area (Å²) in [6.07, 6.45) is 4.12. The minimum Gasteiger partial charge on any atom is -0.338 e. The third-order valence-corrected chi connectivity index (χ3v) is 3.97. The van der Waals surface area contributed by atoms with Crippen molar-refractivity contribution in [2.24, 2.45) is 0 Å². The molecule has 2 aromatic heterocycles. The quantitative estimate of drug-likeness (QED) is 0.929. The van der Waals surface area contributed by atoms with Gasteiger partial charge in [-0.25, -0.2) is 15.0 Å². The van der Waals surface area contributed by atoms with Gasteiger partial charge in [0.25, 0.3) is 5.91 Å². The maximum atomic E-state index is 12.7. The number of carbonyl (C=O) groups excluding carboxylic acids is 2. The molecule has 124 valence electrons. The molecule has 24 heavy (non-hydrogen) atoms. The fourth-order valence-electron chi connectivity index (χ4n) is 2.82. The lowest BCUT2D eigenvalue weighted by atomic mass is 10.1. The van der Waals surface area contributed by atoms with Gasteiger partial charge in [0.1, 0.15) is 11.6 Å². The van der Waals surface area contributed by atoms with Gasteiger partial charge in [-0.2, -0.15) is 0 Å². The number of nitrogens with one attached hydrogen (secondary N) is 1. The van der Waals surface area contributed by atoms with Gasteiger partial charge in [-0.1, -0.05) is 0 Å². The van der Waals surface area contributed by atoms with Crippen molar-refractivity contribution in [2.75, 3.05) is 18.4 Å². The summed E-state index contributed by atoms with van der Waals surface area (Å²) >= 11 is 0. The highest BCUT2D eigenvalue weighted by atomic mass is 16.2. The SMILES string of the molecule is CC(=O)Nc1cc(C(=O)N2CC[C@@H](c3nccc(C)n3)C2)ccn1. The molecule has 0 radical (unpaired) electrons. The van der Waals surface area contributed by atoms with Gasteiger partial charge in [0.05, 0.1) is 0 Å². The number of amides is 2. The summed E-state index contributed by atoms with van der Waals surface area (Å²) in [4.78, 5) is 38.4. The fraction of sp³-hybridized carbons (Fsp3) is 0.353. The molecule has 1 fully saturated rings. The molecule has 7 heteroatoms. The second-order valence-corrected chi connectivity index (χ2v) is 5.90. The molecule has 0 spiro atoms. The van der Waals surface area contributed by atoms with Gasteiger partial charge in [0.15, 0.2) is 0 Å². The molecular formula is C17H19N5O2. The molecule has 0 aliphatic carbocycles. The summed E-state index contributed by atoms with van der Waals surface area (Å²) in [5.41, 5.74) is 1.44. The molecule has 0 saturated carbocycles. The van der Waals surface area contributed by atoms with Crippen molar-refractivity contribution in [1.82, 2.24) is 19.9 Å². The molecular weight excluding hydrogens is 306 g/mol. The predicted molar refractivity (Wildman–Crippen MR) is 88.6 cm³/mol. The second kappa shape index (κ2) is 6.74. The first kappa shape index (κ1) is 16.0. The third kappa shape index (κ3) is 3.56. The van der Waals surface area contributed by atoms with Gasteiger partial charge in [0.2, 0.25) is 5.91 Å². The van der Waals surface area contributed by atoms with Crippen LogP contribution in [0.5, 0.6) is 0 Å². The van der Waals surface area contributed by atoms with Crippen molar-refractivity contribution in [3.63, 3.8) is 0 Å². The Morgan fingerprint density at radius 2 is 2.04 bits per heavy atom. The normalized spacial score (nSPS) is 16.9. The molecule has 2 aromatic rings. The number of rotatable bonds is 3. The monoisotopic (exact) mass is 325 g/mol. The number of pyridine rings is 1. The van der Waals surface area contributed by atoms with E-state index in [2.05, 4.69) is 20.3 Å². The van der Waals surface area contributed by atoms with E-state index in [1.807, 2.05) is 13.0 Å². The summed E-state index contributed by atoms with van der Waals surface area (Å²) in [7, 11) is 0. The van der Waals surface area contributed by atoms with E-state index in [1.165, 1.54) is 13.1 Å². The van der Waals surface area contributed by atoms with Crippen molar-refractivity contribution in [3.8, 4) is 0 Å². The van der Waals surface area contributed by atoms with Crippen molar-refractivity contribution in [2.45, 2.75) is 26.2 Å². The zero-order chi connectivity index (χ0) is 17.1. The Kier molecular flexibility index (Phi) is 4.50. The fourth-order valence-corrected chi connectivity index (χ4v) is 2.82. The molecule has 1 atom stereocenters. The zero-order valence-electron chi connectivity index (χ0n) is 13.7. The van der Waals surface area contributed by atoms with Crippen LogP contribution in [0.25, 0.3) is 0 Å². The number of nitrogens with zero attached hydrogens (tertiary/aromatic N) is 4. The van der Waals surface area contributed by atoms with Gasteiger partial charge >= 0.3 is 0 Å². The smallest absolute Gasteiger partial charge is 0.254 e. The minimum atomic E-state index is -0.218. The molecule has 0 aromatic carbocycles. The Morgan fingerprint density at radius 3 is 2.79 bits per heavy atom. The Labute approximate surface area is 140 Å². The van der Waals surface area contributed by atoms with Crippen LogP contribution >= 0.6 is 0 Å². The van der Waals surface area contributed by atoms with Crippen LogP contribution in [-0.2, 0) is 4.79 Å². The molecule has 0 bridgehead atoms. The van der Waals surface area contributed by atoms with E-state index in [0.717, 1.165) is 17.9 Å². The molecule has 2 amide bonds. The van der Waals surface area contributed by atoms with Crippen LogP contribution in [0.1, 0.15) is 41.1 Å². The number of anilines is 1. The summed E-state index contributed by atoms with van der Waals surface area (Å²) in [6, 6.07) is 5.12. The summed E-state index contributed by atoms with van der Waals surface area (Å²) in [5.74, 6) is 1.04. The Morgan fingerprint density at radius 1 is 1.25 bits per heavy atom. The highest BCUT2D eigenvalue weighted by Crippen LogP contribution is 2.26. The third-order valence-electron chi connectivity index (χ3n) is 3.97. The highest BCUT2D eigenvalue weighted by molar-refractivity contribution is 5.96. The van der Waals surface area contributed by atoms with Crippen LogP contribution in [0, 0.1) is 6.92 Å². The molecule has 1 aliphatic heterocycles. The van der Waals surface area contributed by atoms with Crippen LogP contribution in [0.4, 0.5) is 5.82 Å². The van der Waals surface area contributed by atoms with Crippen LogP contribution in [0.2, 0.25) is 0 Å². The van der Waals surface area contributed by atoms with Gasteiger partial charge < -0.3 is 10.2 Å². The summed E-state index contributed by atoms with van der Waals surface area (Å²) in [5, 5.41) is 2.59. The first-order chi connectivity index (χ1) is 11.5. The topological polar surface area (TPSA) is 88.1 Å². The van der Waals surface area contributed by atoms with Gasteiger partial charge in [-0.15, -0.1) is 0 Å². The van der Waals surface area contributed by atoms with Crippen LogP contribution in [-0.4, -0.2) is 44.8 Å². The van der Waals surface area contributed by atoms with Crippen molar-refractivity contribution >= 4 is 17.6 Å². The van der Waals surface area contributed by atoms with Gasteiger partial charge in [-0.3, -0.25) is 9.59 Å². The highest BCUT2D eigenvalue weighted by Gasteiger charge is 2.29. The zero-order valence-corrected chi connectivity index (χ0v) is 13.7. The predicted octanol–water partition coefficient (Wildman–Crippen LogP) is 1.77. The number of likely N-dealkylation sites (tertiary alicyclic amines) is 1. The molecule has 3 rings (SSSR count). The van der Waals surface area contributed by atoms with E-state index in [0.29, 0.717) is 24.5 Å². The molecule has 1 N–H and O–H groups in total. The maximum Gasteiger partial charge on any atom is 0.254 e. The average molecular weight is 325 g/mol. The molecule has 1 saturated heterocycles. The number of hydrogen-bond donors (Lipinski definition) is 1. The van der Waals surface area contributed by atoms with Crippen LogP contribution in [0.15, 0.2) is 30.6 Å². The summed E-state index contributed by atoms with van der Waals surface area (Å²) in [6.45, 7) is 4.60. The lowest BCUT2D eigenvalue weighted by Crippen LogP contribution is -2.28. The van der Waals surface area contributed by atoms with E-state index in [1.54, 1.807) is 23.2 Å².